The Morgan fingerprint density at radius 3 is 2.28 bits per heavy atom. The summed E-state index contributed by atoms with van der Waals surface area (Å²) in [7, 11) is 0. The normalized spacial score (nSPS) is 11.7. The summed E-state index contributed by atoms with van der Waals surface area (Å²) in [5.74, 6) is -1.82. The Kier molecular flexibility index (Phi) is 3.78. The Morgan fingerprint density at radius 1 is 1.33 bits per heavy atom. The first kappa shape index (κ1) is 14.2. The molecule has 0 unspecified atom stereocenters. The van der Waals surface area contributed by atoms with Crippen LogP contribution in [0.15, 0.2) is 12.1 Å². The van der Waals surface area contributed by atoms with E-state index >= 15 is 0 Å². The number of rotatable bonds is 3. The van der Waals surface area contributed by atoms with Gasteiger partial charge in [0.1, 0.15) is 11.3 Å². The van der Waals surface area contributed by atoms with Gasteiger partial charge in [0.15, 0.2) is 5.78 Å². The molecule has 0 bridgehead atoms. The molecule has 8 heteroatoms. The highest BCUT2D eigenvalue weighted by Gasteiger charge is 2.38. The Balaban J connectivity index is 3.47. The number of nitrogens with two attached hydrogens (primary N) is 1. The van der Waals surface area contributed by atoms with Crippen molar-refractivity contribution in [1.29, 1.82) is 0 Å². The largest absolute Gasteiger partial charge is 0.434 e. The van der Waals surface area contributed by atoms with Crippen molar-refractivity contribution in [3.05, 3.63) is 23.3 Å². The fourth-order valence-corrected chi connectivity index (χ4v) is 1.39. The molecule has 0 spiro atoms. The van der Waals surface area contributed by atoms with Crippen molar-refractivity contribution >= 4 is 11.5 Å². The number of nitrogen functional groups attached to an aromatic ring is 1. The summed E-state index contributed by atoms with van der Waals surface area (Å²) >= 11 is 0. The molecule has 3 nitrogen and oxygen atoms in total. The number of Topliss-reactive ketones (excluding diaryl/α,β-unsaturated/α-hetero) is 1. The second-order valence-corrected chi connectivity index (χ2v) is 3.33. The summed E-state index contributed by atoms with van der Waals surface area (Å²) in [4.78, 5) is 11.0. The molecule has 0 fully saturated rings. The molecule has 0 heterocycles. The van der Waals surface area contributed by atoms with Crippen LogP contribution in [0.1, 0.15) is 22.8 Å². The van der Waals surface area contributed by atoms with E-state index in [1.807, 2.05) is 0 Å². The first-order valence-corrected chi connectivity index (χ1v) is 4.60. The number of anilines is 1. The lowest BCUT2D eigenvalue weighted by atomic mass is 10.0. The summed E-state index contributed by atoms with van der Waals surface area (Å²) in [5.41, 5.74) is 2.29. The summed E-state index contributed by atoms with van der Waals surface area (Å²) < 4.78 is 65.8. The predicted molar refractivity (Wildman–Crippen MR) is 52.5 cm³/mol. The number of carbonyl (C=O) groups is 1. The van der Waals surface area contributed by atoms with Crippen LogP contribution in [0.3, 0.4) is 0 Å². The highest BCUT2D eigenvalue weighted by Crippen LogP contribution is 2.42. The van der Waals surface area contributed by atoms with Crippen molar-refractivity contribution in [2.24, 2.45) is 0 Å². The van der Waals surface area contributed by atoms with E-state index in [0.29, 0.717) is 6.07 Å². The first-order valence-electron chi connectivity index (χ1n) is 4.60. The van der Waals surface area contributed by atoms with Gasteiger partial charge >= 0.3 is 12.8 Å². The van der Waals surface area contributed by atoms with E-state index in [9.17, 15) is 26.7 Å². The van der Waals surface area contributed by atoms with Crippen LogP contribution in [0.4, 0.5) is 27.6 Å². The van der Waals surface area contributed by atoms with Gasteiger partial charge in [0, 0.05) is 5.56 Å². The van der Waals surface area contributed by atoms with Crippen molar-refractivity contribution in [1.82, 2.24) is 0 Å². The van der Waals surface area contributed by atoms with Crippen molar-refractivity contribution in [2.75, 3.05) is 5.73 Å². The van der Waals surface area contributed by atoms with E-state index in [0.717, 1.165) is 13.0 Å². The summed E-state index contributed by atoms with van der Waals surface area (Å²) in [6.07, 6.45) is -5.00. The molecule has 0 atom stereocenters. The molecule has 0 aliphatic rings. The molecule has 0 amide bonds. The van der Waals surface area contributed by atoms with E-state index in [2.05, 4.69) is 4.74 Å². The van der Waals surface area contributed by atoms with Crippen molar-refractivity contribution < 1.29 is 31.5 Å². The number of alkyl halides is 5. The lowest BCUT2D eigenvalue weighted by molar-refractivity contribution is -0.141. The number of benzene rings is 1. The van der Waals surface area contributed by atoms with Gasteiger partial charge in [-0.25, -0.2) is 0 Å². The maximum absolute atomic E-state index is 12.7. The van der Waals surface area contributed by atoms with E-state index in [1.165, 1.54) is 0 Å². The maximum Gasteiger partial charge on any atom is 0.421 e. The SMILES string of the molecule is CC(=O)c1ccc(OC(F)F)c(C(F)(F)F)c1N. The molecule has 0 aliphatic heterocycles. The average Bonchev–Trinajstić information content (AvgIpc) is 2.13. The summed E-state index contributed by atoms with van der Waals surface area (Å²) in [6, 6.07) is 1.55. The molecule has 1 aromatic carbocycles. The van der Waals surface area contributed by atoms with E-state index < -0.39 is 41.1 Å². The fraction of sp³-hybridized carbons (Fsp3) is 0.300. The minimum Gasteiger partial charge on any atom is -0.434 e. The minimum atomic E-state index is -5.00. The second-order valence-electron chi connectivity index (χ2n) is 3.33. The molecule has 0 aromatic heterocycles. The zero-order valence-corrected chi connectivity index (χ0v) is 9.02. The zero-order chi connectivity index (χ0) is 14.1. The van der Waals surface area contributed by atoms with Gasteiger partial charge in [0.25, 0.3) is 0 Å². The topological polar surface area (TPSA) is 52.3 Å². The molecular weight excluding hydrogens is 261 g/mol. The molecule has 1 aromatic rings. The second kappa shape index (κ2) is 4.79. The Hall–Kier alpha value is -1.86. The highest BCUT2D eigenvalue weighted by atomic mass is 19.4. The molecule has 18 heavy (non-hydrogen) atoms. The lowest BCUT2D eigenvalue weighted by Crippen LogP contribution is -2.16. The summed E-state index contributed by atoms with van der Waals surface area (Å²) in [5, 5.41) is 0. The van der Waals surface area contributed by atoms with Gasteiger partial charge in [-0.15, -0.1) is 0 Å². The standard InChI is InChI=1S/C10H8F5NO2/c1-4(17)5-2-3-6(18-9(11)12)7(8(5)16)10(13,14)15/h2-3,9H,16H2,1H3. The lowest BCUT2D eigenvalue weighted by Gasteiger charge is -2.17. The van der Waals surface area contributed by atoms with Crippen LogP contribution in [0, 0.1) is 0 Å². The Labute approximate surface area is 98.3 Å². The van der Waals surface area contributed by atoms with Gasteiger partial charge in [-0.3, -0.25) is 4.79 Å². The summed E-state index contributed by atoms with van der Waals surface area (Å²) in [6.45, 7) is -2.41. The van der Waals surface area contributed by atoms with Gasteiger partial charge in [-0.2, -0.15) is 22.0 Å². The van der Waals surface area contributed by atoms with Crippen LogP contribution in [0.25, 0.3) is 0 Å². The quantitative estimate of drug-likeness (QED) is 0.521. The van der Waals surface area contributed by atoms with Crippen LogP contribution in [-0.2, 0) is 6.18 Å². The number of carbonyl (C=O) groups excluding carboxylic acids is 1. The molecular formula is C10H8F5NO2. The van der Waals surface area contributed by atoms with Crippen LogP contribution in [0.5, 0.6) is 5.75 Å². The number of hydrogen-bond acceptors (Lipinski definition) is 3. The number of ketones is 1. The smallest absolute Gasteiger partial charge is 0.421 e. The van der Waals surface area contributed by atoms with E-state index in [1.54, 1.807) is 0 Å². The van der Waals surface area contributed by atoms with Crippen molar-refractivity contribution in [2.45, 2.75) is 19.7 Å². The molecule has 0 aliphatic carbocycles. The highest BCUT2D eigenvalue weighted by molar-refractivity contribution is 6.00. The van der Waals surface area contributed by atoms with E-state index in [4.69, 9.17) is 5.73 Å². The van der Waals surface area contributed by atoms with Gasteiger partial charge < -0.3 is 10.5 Å². The van der Waals surface area contributed by atoms with Crippen LogP contribution in [-0.4, -0.2) is 12.4 Å². The Morgan fingerprint density at radius 2 is 1.89 bits per heavy atom. The maximum atomic E-state index is 12.7. The zero-order valence-electron chi connectivity index (χ0n) is 9.02. The van der Waals surface area contributed by atoms with Gasteiger partial charge in [-0.05, 0) is 19.1 Å². The predicted octanol–water partition coefficient (Wildman–Crippen LogP) is 3.09. The van der Waals surface area contributed by atoms with E-state index in [-0.39, 0.29) is 0 Å². The number of ether oxygens (including phenoxy) is 1. The third kappa shape index (κ3) is 2.88. The molecule has 1 rings (SSSR count). The minimum absolute atomic E-state index is 0.399. The molecule has 0 saturated heterocycles. The molecule has 0 radical (unpaired) electrons. The van der Waals surface area contributed by atoms with Crippen LogP contribution < -0.4 is 10.5 Å². The fourth-order valence-electron chi connectivity index (χ4n) is 1.39. The van der Waals surface area contributed by atoms with Crippen molar-refractivity contribution in [3.63, 3.8) is 0 Å². The third-order valence-corrected chi connectivity index (χ3v) is 2.09. The number of hydrogen-bond donors (Lipinski definition) is 1. The van der Waals surface area contributed by atoms with Gasteiger partial charge in [0.05, 0.1) is 5.69 Å². The first-order chi connectivity index (χ1) is 8.14. The van der Waals surface area contributed by atoms with Gasteiger partial charge in [0.2, 0.25) is 0 Å². The third-order valence-electron chi connectivity index (χ3n) is 2.09. The monoisotopic (exact) mass is 269 g/mol. The van der Waals surface area contributed by atoms with Gasteiger partial charge in [-0.1, -0.05) is 0 Å². The van der Waals surface area contributed by atoms with Crippen LogP contribution in [0.2, 0.25) is 0 Å². The molecule has 2 N–H and O–H groups in total. The van der Waals surface area contributed by atoms with Crippen molar-refractivity contribution in [3.8, 4) is 5.75 Å². The molecule has 100 valence electrons. The average molecular weight is 269 g/mol. The Bertz CT molecular complexity index is 470. The number of halogens is 5. The molecule has 0 saturated carbocycles. The van der Waals surface area contributed by atoms with Crippen LogP contribution >= 0.6 is 0 Å².